The summed E-state index contributed by atoms with van der Waals surface area (Å²) in [4.78, 5) is 52.8. The quantitative estimate of drug-likeness (QED) is 0.0453. The second-order valence-electron chi connectivity index (χ2n) is 13.3. The van der Waals surface area contributed by atoms with Crippen molar-refractivity contribution in [3.05, 3.63) is 12.7 Å². The zero-order chi connectivity index (χ0) is 34.2. The van der Waals surface area contributed by atoms with Crippen molar-refractivity contribution in [2.45, 2.75) is 120 Å². The van der Waals surface area contributed by atoms with Gasteiger partial charge < -0.3 is 14.5 Å². The van der Waals surface area contributed by atoms with Crippen LogP contribution in [0.15, 0.2) is 12.7 Å². The number of hydrogen-bond acceptors (Lipinski definition) is 8. The highest BCUT2D eigenvalue weighted by Crippen LogP contribution is 2.39. The lowest BCUT2D eigenvalue weighted by atomic mass is 9.96. The minimum Gasteiger partial charge on any atom is -0.460 e. The van der Waals surface area contributed by atoms with E-state index in [1.807, 2.05) is 0 Å². The summed E-state index contributed by atoms with van der Waals surface area (Å²) in [6.07, 6.45) is 3.54. The van der Waals surface area contributed by atoms with Gasteiger partial charge in [0.15, 0.2) is 8.32 Å². The topological polar surface area (TPSA) is 143 Å². The number of esters is 1. The van der Waals surface area contributed by atoms with Gasteiger partial charge in [0.25, 0.3) is 5.91 Å². The van der Waals surface area contributed by atoms with Crippen LogP contribution in [0.4, 0.5) is 0 Å². The maximum Gasteiger partial charge on any atom is 0.325 e. The molecule has 0 aromatic carbocycles. The largest absolute Gasteiger partial charge is 0.460 e. The Morgan fingerprint density at radius 3 is 2.25 bits per heavy atom. The van der Waals surface area contributed by atoms with Crippen molar-refractivity contribution in [2.24, 2.45) is 17.7 Å². The second kappa shape index (κ2) is 16.9. The average molecular weight is 701 g/mol. The summed E-state index contributed by atoms with van der Waals surface area (Å²) in [6.45, 7) is 21.2. The van der Waals surface area contributed by atoms with Gasteiger partial charge in [0, 0.05) is 6.54 Å². The molecule has 4 N–H and O–H groups in total. The number of amides is 3. The van der Waals surface area contributed by atoms with Crippen molar-refractivity contribution in [3.8, 4) is 0 Å². The summed E-state index contributed by atoms with van der Waals surface area (Å²) in [6, 6.07) is -2.87. The number of nitrogens with one attached hydrogen (secondary N) is 2. The maximum absolute atomic E-state index is 13.7. The fourth-order valence-electron chi connectivity index (χ4n) is 4.49. The van der Waals surface area contributed by atoms with Crippen LogP contribution in [0, 0.1) is 11.8 Å². The monoisotopic (exact) mass is 699 g/mol. The van der Waals surface area contributed by atoms with Crippen LogP contribution in [-0.4, -0.2) is 83.2 Å². The molecule has 0 saturated carbocycles. The number of allylic oxidation sites excluding steroid dienone is 1. The summed E-state index contributed by atoms with van der Waals surface area (Å²) in [5.41, 5.74) is 2.83. The number of hydrogen-bond donors (Lipinski definition) is 3. The first-order valence-corrected chi connectivity index (χ1v) is 19.1. The molecular weight excluding hydrogens is 649 g/mol. The Kier molecular flexibility index (Phi) is 15.6. The van der Waals surface area contributed by atoms with Crippen LogP contribution in [-0.2, 0) is 28.3 Å². The Morgan fingerprint density at radius 1 is 1.16 bits per heavy atom. The highest BCUT2D eigenvalue weighted by molar-refractivity contribution is 6.74. The van der Waals surface area contributed by atoms with Gasteiger partial charge in [0.05, 0.1) is 12.0 Å². The predicted molar refractivity (Wildman–Crippen MR) is 177 cm³/mol. The molecule has 15 heteroatoms. The van der Waals surface area contributed by atoms with Gasteiger partial charge in [0.2, 0.25) is 15.6 Å². The third-order valence-corrected chi connectivity index (χ3v) is 13.0. The molecule has 2 unspecified atom stereocenters. The van der Waals surface area contributed by atoms with Gasteiger partial charge in [-0.1, -0.05) is 82.4 Å². The highest BCUT2D eigenvalue weighted by atomic mass is 35.6. The smallest absolute Gasteiger partial charge is 0.325 e. The molecule has 0 radical (unpaired) electrons. The number of carbonyl (C=O) groups excluding carboxylic acids is 4. The summed E-state index contributed by atoms with van der Waals surface area (Å²) in [7, 11) is -2.23. The van der Waals surface area contributed by atoms with E-state index >= 15 is 0 Å². The van der Waals surface area contributed by atoms with Crippen LogP contribution in [0.3, 0.4) is 0 Å². The fourth-order valence-corrected chi connectivity index (χ4v) is 6.09. The molecule has 1 aliphatic rings. The van der Waals surface area contributed by atoms with E-state index in [0.29, 0.717) is 32.2 Å². The van der Waals surface area contributed by atoms with E-state index in [2.05, 4.69) is 51.2 Å². The molecule has 1 aliphatic heterocycles. The van der Waals surface area contributed by atoms with E-state index in [9.17, 15) is 19.2 Å². The molecule has 1 fully saturated rings. The second-order valence-corrected chi connectivity index (χ2v) is 20.5. The lowest BCUT2D eigenvalue weighted by Gasteiger charge is -2.41. The molecule has 0 aliphatic carbocycles. The van der Waals surface area contributed by atoms with E-state index in [4.69, 9.17) is 49.8 Å². The van der Waals surface area contributed by atoms with Crippen molar-refractivity contribution >= 4 is 66.8 Å². The summed E-state index contributed by atoms with van der Waals surface area (Å²) >= 11 is 17.0. The Balaban J connectivity index is 2.99. The van der Waals surface area contributed by atoms with Gasteiger partial charge in [-0.25, -0.2) is 11.3 Å². The van der Waals surface area contributed by atoms with E-state index in [0.717, 1.165) is 5.01 Å². The number of ether oxygens (including phenoxy) is 1. The van der Waals surface area contributed by atoms with Crippen molar-refractivity contribution < 1.29 is 28.3 Å². The first-order valence-electron chi connectivity index (χ1n) is 15.0. The summed E-state index contributed by atoms with van der Waals surface area (Å²) < 4.78 is 9.92. The molecule has 1 saturated heterocycles. The lowest BCUT2D eigenvalue weighted by molar-refractivity contribution is -0.153. The molecule has 254 valence electrons. The van der Waals surface area contributed by atoms with E-state index < -0.39 is 72.6 Å². The van der Waals surface area contributed by atoms with Crippen LogP contribution in [0.25, 0.3) is 0 Å². The zero-order valence-corrected chi connectivity index (χ0v) is 30.8. The molecule has 1 heterocycles. The summed E-state index contributed by atoms with van der Waals surface area (Å²) in [5.74, 6) is 3.22. The third-order valence-electron chi connectivity index (χ3n) is 8.15. The standard InChI is InChI=1S/C29H52Cl3N5O6Si/c1-11-12-15-22(43-44(9,10)28(6,7)8)19(4)25(39)37(33)23(18(2)3)24(38)34-20(5)26(40)36-16-13-14-21(35-36)27(41)42-17-29(30,31)32/h11,18-23,35H,1,12-17,33H2,2-10H3,(H,34,38)/t19-,20?,21+,22-,23?/m1/s1. The van der Waals surface area contributed by atoms with Gasteiger partial charge in [-0.2, -0.15) is 0 Å². The minimum absolute atomic E-state index is 0.0678. The first kappa shape index (κ1) is 40.6. The Labute approximate surface area is 278 Å². The molecule has 44 heavy (non-hydrogen) atoms. The number of nitrogens with zero attached hydrogens (tertiary/aromatic N) is 2. The molecule has 5 atom stereocenters. The molecule has 0 aromatic heterocycles. The van der Waals surface area contributed by atoms with Crippen LogP contribution in [0.1, 0.15) is 74.1 Å². The van der Waals surface area contributed by atoms with Crippen LogP contribution < -0.4 is 16.6 Å². The Bertz CT molecular complexity index is 1020. The SMILES string of the molecule is C=CCC[C@@H](O[Si](C)(C)C(C)(C)C)[C@@H](C)C(=O)N(N)C(C(=O)NC(C)C(=O)N1CCC[C@@H](C(=O)OCC(Cl)(Cl)Cl)N1)C(C)C. The fraction of sp³-hybridized carbons (Fsp3) is 0.793. The van der Waals surface area contributed by atoms with E-state index in [1.54, 1.807) is 26.8 Å². The van der Waals surface area contributed by atoms with Gasteiger partial charge in [-0.05, 0) is 56.7 Å². The number of carbonyl (C=O) groups is 4. The molecule has 11 nitrogen and oxygen atoms in total. The number of hydrazine groups is 2. The van der Waals surface area contributed by atoms with Crippen LogP contribution in [0.5, 0.6) is 0 Å². The third kappa shape index (κ3) is 12.1. The molecule has 0 bridgehead atoms. The average Bonchev–Trinajstić information content (AvgIpc) is 2.91. The minimum atomic E-state index is -2.23. The molecule has 0 aromatic rings. The Hall–Kier alpha value is -1.41. The van der Waals surface area contributed by atoms with Gasteiger partial charge in [-0.3, -0.25) is 29.2 Å². The van der Waals surface area contributed by atoms with Crippen molar-refractivity contribution in [1.29, 1.82) is 0 Å². The van der Waals surface area contributed by atoms with Gasteiger partial charge >= 0.3 is 5.97 Å². The first-order chi connectivity index (χ1) is 20.0. The van der Waals surface area contributed by atoms with E-state index in [-0.39, 0.29) is 11.0 Å². The number of rotatable bonds is 14. The zero-order valence-electron chi connectivity index (χ0n) is 27.5. The number of alkyl halides is 3. The summed E-state index contributed by atoms with van der Waals surface area (Å²) in [5, 5.41) is 4.85. The molecule has 0 spiro atoms. The highest BCUT2D eigenvalue weighted by Gasteiger charge is 2.43. The van der Waals surface area contributed by atoms with Gasteiger partial charge in [-0.15, -0.1) is 6.58 Å². The van der Waals surface area contributed by atoms with E-state index in [1.165, 1.54) is 11.9 Å². The Morgan fingerprint density at radius 2 is 1.75 bits per heavy atom. The molecule has 3 amide bonds. The van der Waals surface area contributed by atoms with Crippen LogP contribution >= 0.6 is 34.8 Å². The maximum atomic E-state index is 13.7. The number of nitrogens with two attached hydrogens (primary N) is 1. The molecule has 1 rings (SSSR count). The van der Waals surface area contributed by atoms with Crippen molar-refractivity contribution in [3.63, 3.8) is 0 Å². The normalized spacial score (nSPS) is 19.0. The number of halogens is 3. The van der Waals surface area contributed by atoms with Crippen LogP contribution in [0.2, 0.25) is 18.1 Å². The molecular formula is C29H52Cl3N5O6Si. The lowest BCUT2D eigenvalue weighted by Crippen LogP contribution is -2.62. The van der Waals surface area contributed by atoms with Crippen molar-refractivity contribution in [2.75, 3.05) is 13.2 Å². The van der Waals surface area contributed by atoms with Gasteiger partial charge in [0.1, 0.15) is 24.7 Å². The van der Waals surface area contributed by atoms with Crippen molar-refractivity contribution in [1.82, 2.24) is 20.8 Å². The predicted octanol–water partition coefficient (Wildman–Crippen LogP) is 4.62.